The number of hydrogen-bond donors (Lipinski definition) is 2. The molecule has 16 heavy (non-hydrogen) atoms. The molecule has 0 aliphatic rings. The van der Waals surface area contributed by atoms with Crippen molar-refractivity contribution in [3.63, 3.8) is 0 Å². The number of hydrogen-bond acceptors (Lipinski definition) is 2. The van der Waals surface area contributed by atoms with Crippen molar-refractivity contribution in [2.24, 2.45) is 0 Å². The molecule has 1 aromatic heterocycles. The quantitative estimate of drug-likeness (QED) is 0.473. The van der Waals surface area contributed by atoms with Crippen molar-refractivity contribution >= 4 is 0 Å². The molecule has 84 valence electrons. The van der Waals surface area contributed by atoms with E-state index in [1.54, 1.807) is 0 Å². The Labute approximate surface area is 102 Å². The van der Waals surface area contributed by atoms with Gasteiger partial charge in [-0.2, -0.15) is 0 Å². The van der Waals surface area contributed by atoms with Crippen LogP contribution in [0.2, 0.25) is 0 Å². The van der Waals surface area contributed by atoms with Crippen molar-refractivity contribution < 1.29 is 21.2 Å². The summed E-state index contributed by atoms with van der Waals surface area (Å²) in [6.07, 6.45) is 0. The molecule has 0 aliphatic carbocycles. The van der Waals surface area contributed by atoms with Gasteiger partial charge in [-0.15, -0.1) is 0 Å². The van der Waals surface area contributed by atoms with Crippen LogP contribution in [0.1, 0.15) is 5.56 Å². The Kier molecular flexibility index (Phi) is 3.23. The van der Waals surface area contributed by atoms with Gasteiger partial charge in [-0.1, -0.05) is 0 Å². The topological polar surface area (TPSA) is 65.7 Å². The van der Waals surface area contributed by atoms with Gasteiger partial charge in [0.1, 0.15) is 0 Å². The zero-order valence-corrected chi connectivity index (χ0v) is 10.7. The summed E-state index contributed by atoms with van der Waals surface area (Å²) in [6.45, 7) is 2.02. The molecule has 4 nitrogen and oxygen atoms in total. The fourth-order valence-electron chi connectivity index (χ4n) is 1.20. The molecule has 0 spiro atoms. The van der Waals surface area contributed by atoms with Crippen LogP contribution in [-0.4, -0.2) is 9.97 Å². The molecule has 0 bridgehead atoms. The number of H-pyrrole nitrogens is 2. The Morgan fingerprint density at radius 1 is 1.06 bits per heavy atom. The van der Waals surface area contributed by atoms with Crippen LogP contribution in [0.5, 0.6) is 0 Å². The monoisotopic (exact) mass is 329 g/mol. The molecule has 2 aromatic rings. The second kappa shape index (κ2) is 4.65. The second-order valence-corrected chi connectivity index (χ2v) is 6.27. The Bertz CT molecular complexity index is 570. The zero-order valence-electron chi connectivity index (χ0n) is 8.58. The summed E-state index contributed by atoms with van der Waals surface area (Å²) in [4.78, 5) is 27.0. The van der Waals surface area contributed by atoms with E-state index in [1.165, 1.54) is 15.2 Å². The molecule has 0 amide bonds. The van der Waals surface area contributed by atoms with Gasteiger partial charge in [0, 0.05) is 0 Å². The van der Waals surface area contributed by atoms with E-state index >= 15 is 0 Å². The number of rotatable bonds is 2. The van der Waals surface area contributed by atoms with Gasteiger partial charge in [0.15, 0.2) is 0 Å². The van der Waals surface area contributed by atoms with Gasteiger partial charge in [0.2, 0.25) is 0 Å². The number of benzene rings is 1. The summed E-state index contributed by atoms with van der Waals surface area (Å²) in [5, 5.41) is 0. The number of halogens is 1. The third kappa shape index (κ3) is 2.82. The Morgan fingerprint density at radius 3 is 2.38 bits per heavy atom. The summed E-state index contributed by atoms with van der Waals surface area (Å²) in [7, 11) is 0. The molecule has 1 aromatic carbocycles. The maximum atomic E-state index is 11.1. The second-order valence-electron chi connectivity index (χ2n) is 3.33. The molecule has 0 aliphatic heterocycles. The number of aromatic amines is 2. The van der Waals surface area contributed by atoms with Crippen molar-refractivity contribution in [3.05, 3.63) is 64.0 Å². The van der Waals surface area contributed by atoms with Crippen LogP contribution in [0.4, 0.5) is 0 Å². The first-order valence-electron chi connectivity index (χ1n) is 4.68. The van der Waals surface area contributed by atoms with E-state index in [4.69, 9.17) is 0 Å². The first-order valence-corrected chi connectivity index (χ1v) is 6.84. The molecule has 0 saturated carbocycles. The number of nitrogens with one attached hydrogen (secondary N) is 2. The average molecular weight is 329 g/mol. The number of aromatic nitrogens is 2. The van der Waals surface area contributed by atoms with Crippen LogP contribution in [0.25, 0.3) is 0 Å². The maximum absolute atomic E-state index is 11.1. The van der Waals surface area contributed by atoms with Crippen molar-refractivity contribution in [1.29, 1.82) is 0 Å². The van der Waals surface area contributed by atoms with Crippen molar-refractivity contribution in [2.45, 2.75) is 6.92 Å². The molecule has 1 heterocycles. The Hall–Kier alpha value is -1.37. The van der Waals surface area contributed by atoms with Crippen LogP contribution in [0, 0.1) is 14.2 Å². The SMILES string of the molecule is Cc1ccc([I-]c2cc(=O)[nH]c(=O)[nH]2)cc1. The summed E-state index contributed by atoms with van der Waals surface area (Å²) < 4.78 is 1.90. The third-order valence-corrected chi connectivity index (χ3v) is 4.45. The number of aryl methyl sites for hydroxylation is 1. The predicted molar refractivity (Wildman–Crippen MR) is 56.3 cm³/mol. The van der Waals surface area contributed by atoms with Crippen LogP contribution in [0.15, 0.2) is 39.9 Å². The van der Waals surface area contributed by atoms with Gasteiger partial charge in [-0.05, 0) is 0 Å². The molecular formula is C11H10IN2O2-. The molecule has 0 atom stereocenters. The molecule has 0 radical (unpaired) electrons. The minimum absolute atomic E-state index is 0.342. The third-order valence-electron chi connectivity index (χ3n) is 1.95. The molecule has 2 N–H and O–H groups in total. The van der Waals surface area contributed by atoms with Crippen molar-refractivity contribution in [3.8, 4) is 0 Å². The van der Waals surface area contributed by atoms with Crippen molar-refractivity contribution in [1.82, 2.24) is 9.97 Å². The Morgan fingerprint density at radius 2 is 1.75 bits per heavy atom. The van der Waals surface area contributed by atoms with Crippen molar-refractivity contribution in [2.75, 3.05) is 0 Å². The van der Waals surface area contributed by atoms with Crippen LogP contribution in [0.3, 0.4) is 0 Å². The van der Waals surface area contributed by atoms with Gasteiger partial charge >= 0.3 is 102 Å². The normalized spacial score (nSPS) is 10.6. The first kappa shape index (κ1) is 11.1. The van der Waals surface area contributed by atoms with E-state index in [1.807, 2.05) is 31.2 Å². The van der Waals surface area contributed by atoms with E-state index in [0.717, 1.165) is 3.70 Å². The van der Waals surface area contributed by atoms with E-state index in [-0.39, 0.29) is 5.56 Å². The fourth-order valence-corrected chi connectivity index (χ4v) is 3.41. The predicted octanol–water partition coefficient (Wildman–Crippen LogP) is -2.50. The molecular weight excluding hydrogens is 319 g/mol. The van der Waals surface area contributed by atoms with E-state index in [0.29, 0.717) is 0 Å². The standard InChI is InChI=1S/C11H10IN2O2/c1-7-2-4-8(5-3-7)12-9-6-10(15)14-11(16)13-9/h2-6H,1H3,(H2,13,14,15,16)/q-1. The fraction of sp³-hybridized carbons (Fsp3) is 0.0909. The Balaban J connectivity index is 2.30. The summed E-state index contributed by atoms with van der Waals surface area (Å²) >= 11 is -0.493. The summed E-state index contributed by atoms with van der Waals surface area (Å²) in [6, 6.07) is 9.57. The summed E-state index contributed by atoms with van der Waals surface area (Å²) in [5.41, 5.74) is 0.423. The molecule has 5 heteroatoms. The average Bonchev–Trinajstić information content (AvgIpc) is 2.20. The van der Waals surface area contributed by atoms with Crippen LogP contribution in [-0.2, 0) is 0 Å². The van der Waals surface area contributed by atoms with Gasteiger partial charge < -0.3 is 0 Å². The van der Waals surface area contributed by atoms with E-state index in [9.17, 15) is 9.59 Å². The first-order chi connectivity index (χ1) is 7.63. The van der Waals surface area contributed by atoms with Gasteiger partial charge in [-0.3, -0.25) is 0 Å². The van der Waals surface area contributed by atoms with Crippen LogP contribution >= 0.6 is 0 Å². The van der Waals surface area contributed by atoms with Gasteiger partial charge in [0.05, 0.1) is 0 Å². The summed E-state index contributed by atoms with van der Waals surface area (Å²) in [5.74, 6) is 0. The van der Waals surface area contributed by atoms with E-state index < -0.39 is 26.9 Å². The van der Waals surface area contributed by atoms with Gasteiger partial charge in [0.25, 0.3) is 0 Å². The molecule has 0 unspecified atom stereocenters. The molecule has 0 fully saturated rings. The van der Waals surface area contributed by atoms with E-state index in [2.05, 4.69) is 9.97 Å². The van der Waals surface area contributed by atoms with Crippen LogP contribution < -0.4 is 32.5 Å². The molecule has 0 saturated heterocycles. The van der Waals surface area contributed by atoms with Gasteiger partial charge in [-0.25, -0.2) is 0 Å². The molecule has 2 rings (SSSR count). The minimum atomic E-state index is -0.493. The zero-order chi connectivity index (χ0) is 11.5.